The summed E-state index contributed by atoms with van der Waals surface area (Å²) in [5.41, 5.74) is 0.244. The molecule has 88 valence electrons. The number of ether oxygens (including phenoxy) is 1. The van der Waals surface area contributed by atoms with E-state index < -0.39 is 0 Å². The fourth-order valence-electron chi connectivity index (χ4n) is 1.60. The van der Waals surface area contributed by atoms with Crippen molar-refractivity contribution in [2.24, 2.45) is 0 Å². The highest BCUT2D eigenvalue weighted by atomic mass is 16.5. The Morgan fingerprint density at radius 1 is 1.75 bits per heavy atom. The molecule has 0 aliphatic heterocycles. The minimum atomic E-state index is -0.285. The van der Waals surface area contributed by atoms with Crippen LogP contribution in [0.5, 0.6) is 0 Å². The quantitative estimate of drug-likeness (QED) is 0.759. The Morgan fingerprint density at radius 2 is 2.50 bits per heavy atom. The number of aliphatic hydroxyl groups excluding tert-OH is 1. The van der Waals surface area contributed by atoms with Crippen LogP contribution in [0.3, 0.4) is 0 Å². The van der Waals surface area contributed by atoms with Crippen molar-refractivity contribution < 1.29 is 19.2 Å². The number of carbonyl (C=O) groups is 1. The molecule has 1 aromatic rings. The highest BCUT2D eigenvalue weighted by Crippen LogP contribution is 2.19. The van der Waals surface area contributed by atoms with Crippen molar-refractivity contribution in [1.82, 2.24) is 10.5 Å². The van der Waals surface area contributed by atoms with Gasteiger partial charge in [0.25, 0.3) is 5.91 Å². The summed E-state index contributed by atoms with van der Waals surface area (Å²) in [6.45, 7) is 0.294. The average molecular weight is 226 g/mol. The molecule has 0 spiro atoms. The lowest BCUT2D eigenvalue weighted by molar-refractivity contribution is 0.0559. The predicted molar refractivity (Wildman–Crippen MR) is 53.7 cm³/mol. The van der Waals surface area contributed by atoms with Crippen LogP contribution in [-0.2, 0) is 11.3 Å². The molecule has 0 bridgehead atoms. The molecule has 0 aromatic carbocycles. The zero-order valence-electron chi connectivity index (χ0n) is 8.97. The Labute approximate surface area is 92.6 Å². The normalized spacial score (nSPS) is 23.9. The number of aromatic nitrogens is 1. The molecule has 2 rings (SSSR count). The highest BCUT2D eigenvalue weighted by molar-refractivity contribution is 5.92. The van der Waals surface area contributed by atoms with E-state index in [1.54, 1.807) is 6.07 Å². The van der Waals surface area contributed by atoms with Crippen molar-refractivity contribution in [3.05, 3.63) is 17.5 Å². The van der Waals surface area contributed by atoms with Gasteiger partial charge in [-0.15, -0.1) is 0 Å². The van der Waals surface area contributed by atoms with Gasteiger partial charge in [0.1, 0.15) is 6.61 Å². The molecule has 16 heavy (non-hydrogen) atoms. The van der Waals surface area contributed by atoms with Gasteiger partial charge in [-0.1, -0.05) is 5.16 Å². The molecule has 1 amide bonds. The summed E-state index contributed by atoms with van der Waals surface area (Å²) in [6.07, 6.45) is 0.926. The zero-order chi connectivity index (χ0) is 11.5. The lowest BCUT2D eigenvalue weighted by Gasteiger charge is -2.31. The van der Waals surface area contributed by atoms with Gasteiger partial charge in [0.05, 0.1) is 6.10 Å². The first kappa shape index (κ1) is 11.1. The van der Waals surface area contributed by atoms with Gasteiger partial charge in [0, 0.05) is 19.2 Å². The third-order valence-corrected chi connectivity index (χ3v) is 2.53. The number of rotatable bonds is 4. The van der Waals surface area contributed by atoms with Crippen molar-refractivity contribution in [1.29, 1.82) is 0 Å². The lowest BCUT2D eigenvalue weighted by Crippen LogP contribution is -2.46. The van der Waals surface area contributed by atoms with Gasteiger partial charge in [-0.2, -0.15) is 0 Å². The molecule has 1 aliphatic rings. The molecule has 0 atom stereocenters. The second kappa shape index (κ2) is 4.63. The minimum absolute atomic E-state index is 0.0464. The number of aliphatic hydroxyl groups is 1. The van der Waals surface area contributed by atoms with Gasteiger partial charge in [-0.25, -0.2) is 0 Å². The molecular weight excluding hydrogens is 212 g/mol. The lowest BCUT2D eigenvalue weighted by atomic mass is 9.89. The summed E-state index contributed by atoms with van der Waals surface area (Å²) in [7, 11) is 1.54. The molecule has 1 fully saturated rings. The number of nitrogens with zero attached hydrogens (tertiary/aromatic N) is 1. The van der Waals surface area contributed by atoms with Gasteiger partial charge in [0.2, 0.25) is 0 Å². The largest absolute Gasteiger partial charge is 0.393 e. The van der Waals surface area contributed by atoms with E-state index in [1.807, 2.05) is 0 Å². The Morgan fingerprint density at radius 3 is 3.12 bits per heavy atom. The molecule has 6 nitrogen and oxygen atoms in total. The molecule has 6 heteroatoms. The Hall–Kier alpha value is -1.40. The van der Waals surface area contributed by atoms with Crippen LogP contribution in [0, 0.1) is 0 Å². The molecular formula is C10H14N2O4. The molecule has 1 heterocycles. The number of nitrogens with one attached hydrogen (secondary N) is 1. The van der Waals surface area contributed by atoms with Gasteiger partial charge in [0.15, 0.2) is 11.5 Å². The number of amides is 1. The fourth-order valence-corrected chi connectivity index (χ4v) is 1.60. The van der Waals surface area contributed by atoms with Gasteiger partial charge >= 0.3 is 0 Å². The first-order valence-electron chi connectivity index (χ1n) is 5.12. The molecule has 0 unspecified atom stereocenters. The van der Waals surface area contributed by atoms with Gasteiger partial charge in [-0.3, -0.25) is 4.79 Å². The average Bonchev–Trinajstić information content (AvgIpc) is 2.64. The molecule has 2 N–H and O–H groups in total. The van der Waals surface area contributed by atoms with Crippen LogP contribution in [0.2, 0.25) is 0 Å². The van der Waals surface area contributed by atoms with Crippen molar-refractivity contribution in [3.8, 4) is 0 Å². The number of hydrogen-bond acceptors (Lipinski definition) is 5. The van der Waals surface area contributed by atoms with Crippen LogP contribution >= 0.6 is 0 Å². The summed E-state index contributed by atoms with van der Waals surface area (Å²) < 4.78 is 9.75. The van der Waals surface area contributed by atoms with Crippen LogP contribution < -0.4 is 5.32 Å². The number of carbonyl (C=O) groups excluding carboxylic acids is 1. The predicted octanol–water partition coefficient (Wildman–Crippen LogP) is 0.0741. The number of hydrogen-bond donors (Lipinski definition) is 2. The summed E-state index contributed by atoms with van der Waals surface area (Å²) in [5.74, 6) is 0.240. The van der Waals surface area contributed by atoms with E-state index in [0.717, 1.165) is 0 Å². The zero-order valence-corrected chi connectivity index (χ0v) is 8.97. The minimum Gasteiger partial charge on any atom is -0.393 e. The maximum absolute atomic E-state index is 11.6. The first-order chi connectivity index (χ1) is 7.69. The third kappa shape index (κ3) is 2.40. The van der Waals surface area contributed by atoms with E-state index in [2.05, 4.69) is 10.5 Å². The van der Waals surface area contributed by atoms with Crippen LogP contribution in [0.25, 0.3) is 0 Å². The number of methoxy groups -OCH3 is 1. The Kier molecular flexibility index (Phi) is 3.21. The third-order valence-electron chi connectivity index (χ3n) is 2.53. The van der Waals surface area contributed by atoms with E-state index in [1.165, 1.54) is 7.11 Å². The van der Waals surface area contributed by atoms with Gasteiger partial charge in [-0.05, 0) is 12.8 Å². The van der Waals surface area contributed by atoms with Crippen molar-refractivity contribution in [2.75, 3.05) is 7.11 Å². The van der Waals surface area contributed by atoms with Crippen molar-refractivity contribution in [2.45, 2.75) is 31.6 Å². The monoisotopic (exact) mass is 226 g/mol. The van der Waals surface area contributed by atoms with Crippen LogP contribution in [-0.4, -0.2) is 35.4 Å². The van der Waals surface area contributed by atoms with Crippen molar-refractivity contribution >= 4 is 5.91 Å². The maximum Gasteiger partial charge on any atom is 0.273 e. The molecule has 0 radical (unpaired) electrons. The van der Waals surface area contributed by atoms with Crippen LogP contribution in [0.15, 0.2) is 10.6 Å². The van der Waals surface area contributed by atoms with E-state index in [9.17, 15) is 4.79 Å². The molecule has 1 aromatic heterocycles. The van der Waals surface area contributed by atoms with Crippen LogP contribution in [0.4, 0.5) is 0 Å². The van der Waals surface area contributed by atoms with Crippen LogP contribution in [0.1, 0.15) is 29.1 Å². The first-order valence-corrected chi connectivity index (χ1v) is 5.12. The second-order valence-corrected chi connectivity index (χ2v) is 3.91. The second-order valence-electron chi connectivity index (χ2n) is 3.91. The molecule has 1 aliphatic carbocycles. The van der Waals surface area contributed by atoms with E-state index in [4.69, 9.17) is 14.4 Å². The fraction of sp³-hybridized carbons (Fsp3) is 0.600. The SMILES string of the molecule is COCc1cc(C(=O)NC2CC(O)C2)no1. The smallest absolute Gasteiger partial charge is 0.273 e. The van der Waals surface area contributed by atoms with E-state index >= 15 is 0 Å². The standard InChI is InChI=1S/C10H14N2O4/c1-15-5-8-4-9(12-16-8)10(14)11-6-2-7(13)3-6/h4,6-7,13H,2-3,5H2,1H3,(H,11,14). The molecule has 1 saturated carbocycles. The van der Waals surface area contributed by atoms with Crippen molar-refractivity contribution in [3.63, 3.8) is 0 Å². The van der Waals surface area contributed by atoms with E-state index in [0.29, 0.717) is 25.2 Å². The maximum atomic E-state index is 11.6. The topological polar surface area (TPSA) is 84.6 Å². The summed E-state index contributed by atoms with van der Waals surface area (Å²) in [5, 5.41) is 15.5. The summed E-state index contributed by atoms with van der Waals surface area (Å²) in [6, 6.07) is 1.60. The Balaban J connectivity index is 1.88. The highest BCUT2D eigenvalue weighted by Gasteiger charge is 2.29. The molecule has 0 saturated heterocycles. The summed E-state index contributed by atoms with van der Waals surface area (Å²) in [4.78, 5) is 11.6. The summed E-state index contributed by atoms with van der Waals surface area (Å²) >= 11 is 0. The van der Waals surface area contributed by atoms with Gasteiger partial charge < -0.3 is 19.7 Å². The van der Waals surface area contributed by atoms with E-state index in [-0.39, 0.29) is 23.7 Å². The Bertz CT molecular complexity index is 371.